The number of alkyl halides is 3. The van der Waals surface area contributed by atoms with Crippen molar-refractivity contribution in [2.75, 3.05) is 11.1 Å². The standard InChI is InChI=1S/C8H10BrF3N4/c1-4(2-8(10,11)12)15-6-5(9)3-14-7(13)16-6/h3-4H,2H2,1H3,(H3,13,14,15,16). The molecule has 4 nitrogen and oxygen atoms in total. The maximum Gasteiger partial charge on any atom is 0.391 e. The highest BCUT2D eigenvalue weighted by molar-refractivity contribution is 9.10. The number of hydrogen-bond donors (Lipinski definition) is 2. The Bertz CT molecular complexity index is 369. The lowest BCUT2D eigenvalue weighted by Crippen LogP contribution is -2.24. The van der Waals surface area contributed by atoms with Gasteiger partial charge in [0, 0.05) is 12.2 Å². The Morgan fingerprint density at radius 3 is 2.75 bits per heavy atom. The van der Waals surface area contributed by atoms with Gasteiger partial charge in [-0.15, -0.1) is 0 Å². The Balaban J connectivity index is 2.69. The number of nitrogens with zero attached hydrogens (tertiary/aromatic N) is 2. The van der Waals surface area contributed by atoms with Crippen molar-refractivity contribution >= 4 is 27.7 Å². The molecule has 0 fully saturated rings. The van der Waals surface area contributed by atoms with E-state index in [4.69, 9.17) is 5.73 Å². The first-order chi connectivity index (χ1) is 7.28. The van der Waals surface area contributed by atoms with Crippen molar-refractivity contribution < 1.29 is 13.2 Å². The van der Waals surface area contributed by atoms with E-state index >= 15 is 0 Å². The van der Waals surface area contributed by atoms with E-state index in [0.717, 1.165) is 0 Å². The third kappa shape index (κ3) is 4.21. The second kappa shape index (κ2) is 4.86. The van der Waals surface area contributed by atoms with Crippen LogP contribution in [-0.2, 0) is 0 Å². The molecule has 90 valence electrons. The number of anilines is 2. The zero-order valence-electron chi connectivity index (χ0n) is 8.35. The fourth-order valence-corrected chi connectivity index (χ4v) is 1.42. The molecule has 1 atom stereocenters. The number of nitrogens with one attached hydrogen (secondary N) is 1. The van der Waals surface area contributed by atoms with Crippen LogP contribution in [0.5, 0.6) is 0 Å². The zero-order valence-corrected chi connectivity index (χ0v) is 9.93. The molecule has 1 aromatic heterocycles. The quantitative estimate of drug-likeness (QED) is 0.900. The average molecular weight is 299 g/mol. The number of nitrogens with two attached hydrogens (primary N) is 1. The van der Waals surface area contributed by atoms with Crippen molar-refractivity contribution in [2.45, 2.75) is 25.6 Å². The highest BCUT2D eigenvalue weighted by atomic mass is 79.9. The second-order valence-electron chi connectivity index (χ2n) is 3.29. The number of halogens is 4. The Hall–Kier alpha value is -1.05. The number of nitrogen functional groups attached to an aromatic ring is 1. The lowest BCUT2D eigenvalue weighted by molar-refractivity contribution is -0.136. The van der Waals surface area contributed by atoms with Crippen molar-refractivity contribution in [3.63, 3.8) is 0 Å². The molecule has 0 bridgehead atoms. The highest BCUT2D eigenvalue weighted by Gasteiger charge is 2.30. The van der Waals surface area contributed by atoms with Gasteiger partial charge in [-0.25, -0.2) is 4.98 Å². The summed E-state index contributed by atoms with van der Waals surface area (Å²) >= 11 is 3.11. The largest absolute Gasteiger partial charge is 0.391 e. The lowest BCUT2D eigenvalue weighted by atomic mass is 10.2. The highest BCUT2D eigenvalue weighted by Crippen LogP contribution is 2.25. The van der Waals surface area contributed by atoms with Crippen molar-refractivity contribution in [2.24, 2.45) is 0 Å². The molecule has 1 heterocycles. The number of aromatic nitrogens is 2. The molecule has 3 N–H and O–H groups in total. The number of rotatable bonds is 3. The van der Waals surface area contributed by atoms with E-state index in [1.165, 1.54) is 13.1 Å². The molecule has 0 amide bonds. The van der Waals surface area contributed by atoms with E-state index in [2.05, 4.69) is 31.2 Å². The summed E-state index contributed by atoms with van der Waals surface area (Å²) in [5.74, 6) is 0.258. The Kier molecular flexibility index (Phi) is 3.95. The smallest absolute Gasteiger partial charge is 0.368 e. The predicted molar refractivity (Wildman–Crippen MR) is 57.9 cm³/mol. The maximum absolute atomic E-state index is 12.1. The second-order valence-corrected chi connectivity index (χ2v) is 4.14. The van der Waals surface area contributed by atoms with E-state index in [0.29, 0.717) is 4.47 Å². The molecular formula is C8H10BrF3N4. The molecular weight excluding hydrogens is 289 g/mol. The molecule has 0 aliphatic heterocycles. The molecule has 0 aliphatic carbocycles. The summed E-state index contributed by atoms with van der Waals surface area (Å²) in [4.78, 5) is 7.46. The summed E-state index contributed by atoms with van der Waals surface area (Å²) in [6.45, 7) is 1.41. The van der Waals surface area contributed by atoms with Gasteiger partial charge in [0.1, 0.15) is 5.82 Å². The van der Waals surface area contributed by atoms with Crippen LogP contribution in [0.4, 0.5) is 24.9 Å². The molecule has 0 radical (unpaired) electrons. The van der Waals surface area contributed by atoms with Crippen molar-refractivity contribution in [1.29, 1.82) is 0 Å². The Morgan fingerprint density at radius 2 is 2.19 bits per heavy atom. The van der Waals surface area contributed by atoms with Crippen molar-refractivity contribution in [1.82, 2.24) is 9.97 Å². The topological polar surface area (TPSA) is 63.8 Å². The molecule has 0 saturated carbocycles. The summed E-state index contributed by atoms with van der Waals surface area (Å²) in [5, 5.41) is 2.61. The first-order valence-electron chi connectivity index (χ1n) is 4.39. The minimum absolute atomic E-state index is 0.00455. The summed E-state index contributed by atoms with van der Waals surface area (Å²) < 4.78 is 36.7. The van der Waals surface area contributed by atoms with Crippen molar-refractivity contribution in [3.05, 3.63) is 10.7 Å². The summed E-state index contributed by atoms with van der Waals surface area (Å²) in [5.41, 5.74) is 5.33. The first kappa shape index (κ1) is 13.0. The third-order valence-corrected chi connectivity index (χ3v) is 2.26. The first-order valence-corrected chi connectivity index (χ1v) is 5.18. The molecule has 1 unspecified atom stereocenters. The molecule has 1 aromatic rings. The monoisotopic (exact) mass is 298 g/mol. The van der Waals surface area contributed by atoms with Crippen LogP contribution < -0.4 is 11.1 Å². The lowest BCUT2D eigenvalue weighted by Gasteiger charge is -2.17. The SMILES string of the molecule is CC(CC(F)(F)F)Nc1nc(N)ncc1Br. The molecule has 8 heteroatoms. The summed E-state index contributed by atoms with van der Waals surface area (Å²) in [6, 6.07) is -0.786. The molecule has 0 spiro atoms. The minimum Gasteiger partial charge on any atom is -0.368 e. The Morgan fingerprint density at radius 1 is 1.56 bits per heavy atom. The van der Waals surface area contributed by atoms with Gasteiger partial charge < -0.3 is 11.1 Å². The van der Waals surface area contributed by atoms with Gasteiger partial charge in [0.2, 0.25) is 5.95 Å². The van der Waals surface area contributed by atoms with Crippen LogP contribution in [-0.4, -0.2) is 22.2 Å². The van der Waals surface area contributed by atoms with Gasteiger partial charge in [0.25, 0.3) is 0 Å². The number of hydrogen-bond acceptors (Lipinski definition) is 4. The summed E-state index contributed by atoms with van der Waals surface area (Å²) in [6.07, 6.45) is -3.77. The third-order valence-electron chi connectivity index (χ3n) is 1.68. The van der Waals surface area contributed by atoms with Crippen LogP contribution in [0, 0.1) is 0 Å². The van der Waals surface area contributed by atoms with Gasteiger partial charge in [-0.1, -0.05) is 0 Å². The fourth-order valence-electron chi connectivity index (χ4n) is 1.11. The van der Waals surface area contributed by atoms with E-state index in [-0.39, 0.29) is 11.8 Å². The summed E-state index contributed by atoms with van der Waals surface area (Å²) in [7, 11) is 0. The van der Waals surface area contributed by atoms with Gasteiger partial charge in [0.05, 0.1) is 10.9 Å². The van der Waals surface area contributed by atoms with Gasteiger partial charge in [0.15, 0.2) is 0 Å². The van der Waals surface area contributed by atoms with Crippen LogP contribution in [0.25, 0.3) is 0 Å². The van der Waals surface area contributed by atoms with Crippen LogP contribution in [0.15, 0.2) is 10.7 Å². The van der Waals surface area contributed by atoms with Gasteiger partial charge in [-0.05, 0) is 22.9 Å². The Labute approximate surface area is 98.6 Å². The molecule has 1 rings (SSSR count). The normalized spacial score (nSPS) is 13.6. The van der Waals surface area contributed by atoms with Crippen molar-refractivity contribution in [3.8, 4) is 0 Å². The average Bonchev–Trinajstić information content (AvgIpc) is 2.08. The molecule has 0 aliphatic rings. The van der Waals surface area contributed by atoms with Crippen LogP contribution in [0.1, 0.15) is 13.3 Å². The van der Waals surface area contributed by atoms with E-state index in [1.807, 2.05) is 0 Å². The van der Waals surface area contributed by atoms with Gasteiger partial charge >= 0.3 is 6.18 Å². The van der Waals surface area contributed by atoms with E-state index < -0.39 is 18.6 Å². The van der Waals surface area contributed by atoms with E-state index in [9.17, 15) is 13.2 Å². The molecule has 0 saturated heterocycles. The van der Waals surface area contributed by atoms with Gasteiger partial charge in [-0.2, -0.15) is 18.2 Å². The van der Waals surface area contributed by atoms with E-state index in [1.54, 1.807) is 0 Å². The molecule has 0 aromatic carbocycles. The zero-order chi connectivity index (χ0) is 12.3. The van der Waals surface area contributed by atoms with Gasteiger partial charge in [-0.3, -0.25) is 0 Å². The van der Waals surface area contributed by atoms with Crippen LogP contribution in [0.3, 0.4) is 0 Å². The predicted octanol–water partition coefficient (Wildman–Crippen LogP) is 2.57. The minimum atomic E-state index is -4.21. The van der Waals surface area contributed by atoms with Crippen LogP contribution in [0.2, 0.25) is 0 Å². The maximum atomic E-state index is 12.1. The fraction of sp³-hybridized carbons (Fsp3) is 0.500. The van der Waals surface area contributed by atoms with Crippen LogP contribution >= 0.6 is 15.9 Å². The molecule has 16 heavy (non-hydrogen) atoms.